The molecule has 3 heterocycles. The Balaban J connectivity index is 1.27. The molecule has 1 amide bonds. The van der Waals surface area contributed by atoms with Gasteiger partial charge in [0.2, 0.25) is 11.8 Å². The number of aromatic nitrogens is 1. The molecule has 13 heteroatoms. The van der Waals surface area contributed by atoms with Crippen molar-refractivity contribution in [1.82, 2.24) is 14.4 Å². The molecule has 1 fully saturated rings. The van der Waals surface area contributed by atoms with Crippen LogP contribution >= 0.6 is 0 Å². The molecule has 0 spiro atoms. The summed E-state index contributed by atoms with van der Waals surface area (Å²) in [5.74, 6) is 1.21. The number of nitrogens with one attached hydrogen (secondary N) is 2. The number of amides is 1. The highest BCUT2D eigenvalue weighted by Gasteiger charge is 2.31. The highest BCUT2D eigenvalue weighted by atomic mass is 32.2. The number of ether oxygens (including phenoxy) is 3. The molecule has 0 bridgehead atoms. The number of sulfone groups is 1. The van der Waals surface area contributed by atoms with Gasteiger partial charge in [0, 0.05) is 41.1 Å². The number of hydrogen-bond acceptors (Lipinski definition) is 9. The first kappa shape index (κ1) is 27.9. The maximum Gasteiger partial charge on any atom is 0.301 e. The Labute approximate surface area is 233 Å². The molecular weight excluding hydrogens is 558 g/mol. The van der Waals surface area contributed by atoms with Crippen LogP contribution in [0.25, 0.3) is 11.1 Å². The largest absolute Gasteiger partial charge is 0.488 e. The van der Waals surface area contributed by atoms with Crippen LogP contribution in [0.5, 0.6) is 17.4 Å². The summed E-state index contributed by atoms with van der Waals surface area (Å²) in [5, 5.41) is 0. The van der Waals surface area contributed by atoms with Crippen molar-refractivity contribution in [3.63, 3.8) is 0 Å². The van der Waals surface area contributed by atoms with E-state index in [1.165, 1.54) is 6.26 Å². The second-order valence-electron chi connectivity index (χ2n) is 9.73. The SMILES string of the molecule is Cc1nc(OCCCS(C)(=O)=O)ccc1-c1cccc2c1OC[C@H]2Oc1ccc(C2CC(=O)NS(=O)(=O)N2)cc1. The van der Waals surface area contributed by atoms with Gasteiger partial charge in [0.1, 0.15) is 27.9 Å². The molecule has 5 rings (SSSR count). The molecule has 212 valence electrons. The summed E-state index contributed by atoms with van der Waals surface area (Å²) in [6.45, 7) is 2.44. The predicted molar refractivity (Wildman–Crippen MR) is 147 cm³/mol. The lowest BCUT2D eigenvalue weighted by molar-refractivity contribution is -0.120. The van der Waals surface area contributed by atoms with Crippen LogP contribution in [0.15, 0.2) is 54.6 Å². The predicted octanol–water partition coefficient (Wildman–Crippen LogP) is 2.78. The zero-order valence-corrected chi connectivity index (χ0v) is 23.5. The Morgan fingerprint density at radius 2 is 1.85 bits per heavy atom. The van der Waals surface area contributed by atoms with Crippen molar-refractivity contribution in [1.29, 1.82) is 0 Å². The van der Waals surface area contributed by atoms with Gasteiger partial charge in [-0.2, -0.15) is 13.1 Å². The molecule has 0 radical (unpaired) electrons. The summed E-state index contributed by atoms with van der Waals surface area (Å²) in [6.07, 6.45) is 1.24. The molecule has 1 aromatic heterocycles. The zero-order valence-electron chi connectivity index (χ0n) is 21.9. The number of fused-ring (bicyclic) bond motifs is 1. The number of hydrogen-bond donors (Lipinski definition) is 2. The summed E-state index contributed by atoms with van der Waals surface area (Å²) < 4.78 is 68.4. The third kappa shape index (κ3) is 6.54. The highest BCUT2D eigenvalue weighted by Crippen LogP contribution is 2.43. The highest BCUT2D eigenvalue weighted by molar-refractivity contribution is 7.90. The van der Waals surface area contributed by atoms with E-state index in [2.05, 4.69) is 9.71 Å². The smallest absolute Gasteiger partial charge is 0.301 e. The maximum atomic E-state index is 11.8. The third-order valence-electron chi connectivity index (χ3n) is 6.53. The van der Waals surface area contributed by atoms with Gasteiger partial charge in [-0.05, 0) is 37.1 Å². The van der Waals surface area contributed by atoms with Crippen molar-refractivity contribution < 1.29 is 35.8 Å². The van der Waals surface area contributed by atoms with Crippen LogP contribution < -0.4 is 23.7 Å². The van der Waals surface area contributed by atoms with Gasteiger partial charge in [-0.15, -0.1) is 0 Å². The van der Waals surface area contributed by atoms with E-state index in [1.54, 1.807) is 30.3 Å². The van der Waals surface area contributed by atoms with E-state index in [1.807, 2.05) is 35.9 Å². The number of aryl methyl sites for hydroxylation is 1. The molecule has 3 aromatic rings. The normalized spacial score (nSPS) is 19.8. The minimum absolute atomic E-state index is 0.0105. The minimum Gasteiger partial charge on any atom is -0.488 e. The molecule has 2 atom stereocenters. The van der Waals surface area contributed by atoms with Crippen molar-refractivity contribution in [3.8, 4) is 28.5 Å². The number of para-hydroxylation sites is 1. The molecule has 0 saturated carbocycles. The lowest BCUT2D eigenvalue weighted by Crippen LogP contribution is -2.48. The average Bonchev–Trinajstić information content (AvgIpc) is 3.28. The fraction of sp³-hybridized carbons (Fsp3) is 0.333. The van der Waals surface area contributed by atoms with Gasteiger partial charge in [-0.3, -0.25) is 4.79 Å². The van der Waals surface area contributed by atoms with Crippen LogP contribution in [0.4, 0.5) is 0 Å². The summed E-state index contributed by atoms with van der Waals surface area (Å²) in [4.78, 5) is 16.3. The molecule has 0 aliphatic carbocycles. The van der Waals surface area contributed by atoms with E-state index < -0.39 is 32.0 Å². The summed E-state index contributed by atoms with van der Waals surface area (Å²) >= 11 is 0. The van der Waals surface area contributed by atoms with Crippen molar-refractivity contribution in [2.75, 3.05) is 25.2 Å². The molecule has 11 nitrogen and oxygen atoms in total. The van der Waals surface area contributed by atoms with Gasteiger partial charge >= 0.3 is 10.2 Å². The van der Waals surface area contributed by atoms with Gasteiger partial charge < -0.3 is 14.2 Å². The van der Waals surface area contributed by atoms with E-state index in [0.717, 1.165) is 22.4 Å². The van der Waals surface area contributed by atoms with Crippen LogP contribution in [-0.2, 0) is 24.8 Å². The molecular formula is C27H29N3O8S2. The molecule has 2 aliphatic rings. The number of benzene rings is 2. The van der Waals surface area contributed by atoms with Crippen LogP contribution in [0.3, 0.4) is 0 Å². The minimum atomic E-state index is -3.86. The summed E-state index contributed by atoms with van der Waals surface area (Å²) in [5.41, 5.74) is 4.03. The maximum absolute atomic E-state index is 11.8. The standard InChI is InChI=1S/C27H29N3O8S2/c1-17-20(11-12-26(28-17)36-13-4-14-39(2,32)33)21-5-3-6-22-24(16-37-27(21)22)38-19-9-7-18(8-10-19)23-15-25(31)30-40(34,35)29-23/h3,5-12,23-24,29H,4,13-16H2,1-2H3,(H,30,31)/t23?,24-/m1/s1. The van der Waals surface area contributed by atoms with E-state index in [9.17, 15) is 21.6 Å². The van der Waals surface area contributed by atoms with E-state index in [0.29, 0.717) is 36.0 Å². The second kappa shape index (κ2) is 11.1. The second-order valence-corrected chi connectivity index (χ2v) is 13.4. The lowest BCUT2D eigenvalue weighted by Gasteiger charge is -2.24. The van der Waals surface area contributed by atoms with Gasteiger partial charge in [0.15, 0.2) is 6.10 Å². The monoisotopic (exact) mass is 587 g/mol. The van der Waals surface area contributed by atoms with Crippen LogP contribution in [0, 0.1) is 6.92 Å². The summed E-state index contributed by atoms with van der Waals surface area (Å²) in [6, 6.07) is 15.8. The van der Waals surface area contributed by atoms with Gasteiger partial charge in [0.05, 0.1) is 18.4 Å². The first-order chi connectivity index (χ1) is 19.0. The van der Waals surface area contributed by atoms with Crippen LogP contribution in [-0.4, -0.2) is 52.9 Å². The Bertz CT molecular complexity index is 1640. The van der Waals surface area contributed by atoms with Crippen LogP contribution in [0.2, 0.25) is 0 Å². The van der Waals surface area contributed by atoms with Gasteiger partial charge in [-0.1, -0.05) is 30.3 Å². The number of pyridine rings is 1. The van der Waals surface area contributed by atoms with E-state index >= 15 is 0 Å². The van der Waals surface area contributed by atoms with Gasteiger partial charge in [0.25, 0.3) is 0 Å². The quantitative estimate of drug-likeness (QED) is 0.360. The Kier molecular flexibility index (Phi) is 7.71. The van der Waals surface area contributed by atoms with E-state index in [-0.39, 0.29) is 24.9 Å². The average molecular weight is 588 g/mol. The number of rotatable bonds is 9. The number of carbonyl (C=O) groups excluding carboxylic acids is 1. The molecule has 2 N–H and O–H groups in total. The Hall–Kier alpha value is -3.68. The zero-order chi connectivity index (χ0) is 28.5. The third-order valence-corrected chi connectivity index (χ3v) is 8.65. The lowest BCUT2D eigenvalue weighted by atomic mass is 9.99. The van der Waals surface area contributed by atoms with Crippen LogP contribution in [0.1, 0.15) is 41.8 Å². The fourth-order valence-electron chi connectivity index (χ4n) is 4.69. The molecule has 2 aromatic carbocycles. The summed E-state index contributed by atoms with van der Waals surface area (Å²) in [7, 11) is -6.90. The van der Waals surface area contributed by atoms with Crippen molar-refractivity contribution in [2.45, 2.75) is 31.9 Å². The molecule has 40 heavy (non-hydrogen) atoms. The first-order valence-corrected chi connectivity index (χ1v) is 16.2. The van der Waals surface area contributed by atoms with E-state index in [4.69, 9.17) is 14.2 Å². The molecule has 1 unspecified atom stereocenters. The van der Waals surface area contributed by atoms with Crippen molar-refractivity contribution in [2.24, 2.45) is 0 Å². The fourth-order valence-corrected chi connectivity index (χ4v) is 6.37. The molecule has 2 aliphatic heterocycles. The topological polar surface area (TPSA) is 150 Å². The van der Waals surface area contributed by atoms with Crippen molar-refractivity contribution >= 4 is 26.0 Å². The number of nitrogens with zero attached hydrogens (tertiary/aromatic N) is 1. The first-order valence-electron chi connectivity index (χ1n) is 12.6. The Morgan fingerprint density at radius 1 is 1.07 bits per heavy atom. The van der Waals surface area contributed by atoms with Crippen molar-refractivity contribution in [3.05, 3.63) is 71.4 Å². The number of carbonyl (C=O) groups is 1. The molecule has 1 saturated heterocycles. The Morgan fingerprint density at radius 3 is 2.55 bits per heavy atom. The van der Waals surface area contributed by atoms with Gasteiger partial charge in [-0.25, -0.2) is 18.1 Å².